The van der Waals surface area contributed by atoms with Gasteiger partial charge in [0.2, 0.25) is 0 Å². The fourth-order valence-corrected chi connectivity index (χ4v) is 1.79. The summed E-state index contributed by atoms with van der Waals surface area (Å²) in [6.07, 6.45) is 1.93. The Morgan fingerprint density at radius 3 is 2.42 bits per heavy atom. The molecule has 0 aliphatic carbocycles. The molecule has 0 radical (unpaired) electrons. The van der Waals surface area contributed by atoms with Crippen molar-refractivity contribution in [3.8, 4) is 0 Å². The average Bonchev–Trinajstić information content (AvgIpc) is 2.43. The van der Waals surface area contributed by atoms with E-state index in [0.29, 0.717) is 12.5 Å². The van der Waals surface area contributed by atoms with E-state index in [1.807, 2.05) is 13.8 Å². The molecule has 1 aromatic carbocycles. The molecule has 0 aromatic heterocycles. The summed E-state index contributed by atoms with van der Waals surface area (Å²) in [6, 6.07) is 2.58. The maximum Gasteiger partial charge on any atom is 0.340 e. The van der Waals surface area contributed by atoms with E-state index < -0.39 is 23.2 Å². The summed E-state index contributed by atoms with van der Waals surface area (Å²) < 4.78 is 31.8. The topological polar surface area (TPSA) is 38.3 Å². The highest BCUT2D eigenvalue weighted by Crippen LogP contribution is 2.22. The maximum atomic E-state index is 13.8. The highest BCUT2D eigenvalue weighted by molar-refractivity contribution is 5.90. The Labute approximate surface area is 112 Å². The molecule has 19 heavy (non-hydrogen) atoms. The molecular weight excluding hydrogens is 252 g/mol. The number of hydrogen-bond acceptors (Lipinski definition) is 3. The lowest BCUT2D eigenvalue weighted by molar-refractivity contribution is 0.0594. The Morgan fingerprint density at radius 1 is 1.26 bits per heavy atom. The van der Waals surface area contributed by atoms with Crippen molar-refractivity contribution in [2.75, 3.05) is 19.0 Å². The van der Waals surface area contributed by atoms with Gasteiger partial charge in [-0.05, 0) is 18.1 Å². The SMILES string of the molecule is CCC(CC)CNc1ccc(C(=O)OC)c(F)c1F. The van der Waals surface area contributed by atoms with Gasteiger partial charge in [-0.2, -0.15) is 0 Å². The Kier molecular flexibility index (Phi) is 5.73. The molecule has 0 aliphatic heterocycles. The van der Waals surface area contributed by atoms with Crippen molar-refractivity contribution in [2.45, 2.75) is 26.7 Å². The quantitative estimate of drug-likeness (QED) is 0.803. The van der Waals surface area contributed by atoms with Crippen LogP contribution >= 0.6 is 0 Å². The molecule has 0 spiro atoms. The number of nitrogens with one attached hydrogen (secondary N) is 1. The molecule has 0 unspecified atom stereocenters. The summed E-state index contributed by atoms with van der Waals surface area (Å²) in [5.41, 5.74) is -0.329. The van der Waals surface area contributed by atoms with Crippen LogP contribution in [0.3, 0.4) is 0 Å². The molecular formula is C14H19F2NO2. The predicted molar refractivity (Wildman–Crippen MR) is 70.3 cm³/mol. The Bertz CT molecular complexity index is 445. The fourth-order valence-electron chi connectivity index (χ4n) is 1.79. The van der Waals surface area contributed by atoms with Gasteiger partial charge >= 0.3 is 5.97 Å². The van der Waals surface area contributed by atoms with Gasteiger partial charge in [0.25, 0.3) is 0 Å². The highest BCUT2D eigenvalue weighted by atomic mass is 19.2. The van der Waals surface area contributed by atoms with Crippen LogP contribution in [-0.4, -0.2) is 19.6 Å². The predicted octanol–water partition coefficient (Wildman–Crippen LogP) is 3.60. The number of methoxy groups -OCH3 is 1. The number of ether oxygens (including phenoxy) is 1. The number of carbonyl (C=O) groups excluding carboxylic acids is 1. The molecule has 0 fully saturated rings. The molecule has 0 atom stereocenters. The molecule has 1 aromatic rings. The minimum Gasteiger partial charge on any atom is -0.465 e. The van der Waals surface area contributed by atoms with Gasteiger partial charge in [-0.15, -0.1) is 0 Å². The minimum atomic E-state index is -1.18. The van der Waals surface area contributed by atoms with Crippen molar-refractivity contribution >= 4 is 11.7 Å². The lowest BCUT2D eigenvalue weighted by atomic mass is 10.0. The number of esters is 1. The van der Waals surface area contributed by atoms with Crippen molar-refractivity contribution in [1.82, 2.24) is 0 Å². The van der Waals surface area contributed by atoms with Crippen molar-refractivity contribution in [1.29, 1.82) is 0 Å². The summed E-state index contributed by atoms with van der Waals surface area (Å²) in [4.78, 5) is 11.2. The van der Waals surface area contributed by atoms with Crippen LogP contribution in [-0.2, 0) is 4.74 Å². The Hall–Kier alpha value is -1.65. The van der Waals surface area contributed by atoms with E-state index >= 15 is 0 Å². The molecule has 106 valence electrons. The van der Waals surface area contributed by atoms with Crippen molar-refractivity contribution in [2.24, 2.45) is 5.92 Å². The van der Waals surface area contributed by atoms with Gasteiger partial charge in [-0.1, -0.05) is 26.7 Å². The maximum absolute atomic E-state index is 13.8. The zero-order chi connectivity index (χ0) is 14.4. The standard InChI is InChI=1S/C14H19F2NO2/c1-4-9(5-2)8-17-11-7-6-10(14(18)19-3)12(15)13(11)16/h6-7,9,17H,4-5,8H2,1-3H3. The number of halogens is 2. The van der Waals surface area contributed by atoms with Crippen LogP contribution in [0.25, 0.3) is 0 Å². The lowest BCUT2D eigenvalue weighted by Crippen LogP contribution is -2.15. The van der Waals surface area contributed by atoms with E-state index in [2.05, 4.69) is 10.1 Å². The molecule has 3 nitrogen and oxygen atoms in total. The van der Waals surface area contributed by atoms with Crippen LogP contribution in [0.1, 0.15) is 37.0 Å². The molecule has 0 aliphatic rings. The third kappa shape index (κ3) is 3.66. The molecule has 5 heteroatoms. The Morgan fingerprint density at radius 2 is 1.89 bits per heavy atom. The van der Waals surface area contributed by atoms with Gasteiger partial charge in [-0.3, -0.25) is 0 Å². The monoisotopic (exact) mass is 271 g/mol. The van der Waals surface area contributed by atoms with Crippen LogP contribution in [0, 0.1) is 17.6 Å². The first-order valence-electron chi connectivity index (χ1n) is 6.35. The van der Waals surface area contributed by atoms with Crippen molar-refractivity contribution in [3.05, 3.63) is 29.3 Å². The number of rotatable bonds is 6. The van der Waals surface area contributed by atoms with Crippen LogP contribution in [0.5, 0.6) is 0 Å². The summed E-state index contributed by atoms with van der Waals surface area (Å²) in [5, 5.41) is 2.87. The fraction of sp³-hybridized carbons (Fsp3) is 0.500. The first-order chi connectivity index (χ1) is 9.04. The minimum absolute atomic E-state index is 0.0667. The van der Waals surface area contributed by atoms with Gasteiger partial charge in [-0.25, -0.2) is 13.6 Å². The zero-order valence-electron chi connectivity index (χ0n) is 11.4. The van der Waals surface area contributed by atoms with E-state index in [4.69, 9.17) is 0 Å². The molecule has 0 saturated heterocycles. The number of hydrogen-bond donors (Lipinski definition) is 1. The normalized spacial score (nSPS) is 10.6. The van der Waals surface area contributed by atoms with Crippen LogP contribution in [0.4, 0.5) is 14.5 Å². The van der Waals surface area contributed by atoms with Crippen LogP contribution in [0.15, 0.2) is 12.1 Å². The van der Waals surface area contributed by atoms with E-state index in [1.54, 1.807) is 0 Å². The van der Waals surface area contributed by atoms with E-state index in [0.717, 1.165) is 20.0 Å². The van der Waals surface area contributed by atoms with Gasteiger partial charge < -0.3 is 10.1 Å². The molecule has 1 rings (SSSR count). The second-order valence-electron chi connectivity index (χ2n) is 4.34. The van der Waals surface area contributed by atoms with Crippen molar-refractivity contribution < 1.29 is 18.3 Å². The van der Waals surface area contributed by atoms with Gasteiger partial charge in [0.15, 0.2) is 11.6 Å². The van der Waals surface area contributed by atoms with E-state index in [9.17, 15) is 13.6 Å². The number of carbonyl (C=O) groups is 1. The average molecular weight is 271 g/mol. The molecule has 0 bridgehead atoms. The highest BCUT2D eigenvalue weighted by Gasteiger charge is 2.19. The summed E-state index contributed by atoms with van der Waals surface area (Å²) in [7, 11) is 1.12. The van der Waals surface area contributed by atoms with Crippen LogP contribution < -0.4 is 5.32 Å². The first kappa shape index (κ1) is 15.4. The third-order valence-corrected chi connectivity index (χ3v) is 3.22. The largest absolute Gasteiger partial charge is 0.465 e. The zero-order valence-corrected chi connectivity index (χ0v) is 11.4. The number of benzene rings is 1. The number of anilines is 1. The van der Waals surface area contributed by atoms with Gasteiger partial charge in [0.1, 0.15) is 0 Å². The summed E-state index contributed by atoms with van der Waals surface area (Å²) in [5.74, 6) is -2.71. The van der Waals surface area contributed by atoms with Crippen LogP contribution in [0.2, 0.25) is 0 Å². The van der Waals surface area contributed by atoms with E-state index in [1.165, 1.54) is 12.1 Å². The molecule has 0 amide bonds. The first-order valence-corrected chi connectivity index (χ1v) is 6.35. The molecule has 1 N–H and O–H groups in total. The summed E-state index contributed by atoms with van der Waals surface area (Å²) in [6.45, 7) is 4.67. The molecule has 0 heterocycles. The second kappa shape index (κ2) is 7.07. The van der Waals surface area contributed by atoms with Gasteiger partial charge in [0.05, 0.1) is 18.4 Å². The third-order valence-electron chi connectivity index (χ3n) is 3.22. The smallest absolute Gasteiger partial charge is 0.340 e. The molecule has 0 saturated carbocycles. The lowest BCUT2D eigenvalue weighted by Gasteiger charge is -2.15. The Balaban J connectivity index is 2.87. The summed E-state index contributed by atoms with van der Waals surface area (Å²) >= 11 is 0. The van der Waals surface area contributed by atoms with Gasteiger partial charge in [0, 0.05) is 6.54 Å². The van der Waals surface area contributed by atoms with E-state index in [-0.39, 0.29) is 5.69 Å². The second-order valence-corrected chi connectivity index (χ2v) is 4.34. The van der Waals surface area contributed by atoms with Crippen molar-refractivity contribution in [3.63, 3.8) is 0 Å².